The van der Waals surface area contributed by atoms with E-state index in [4.69, 9.17) is 15.2 Å². The van der Waals surface area contributed by atoms with Gasteiger partial charge in [0, 0.05) is 24.9 Å². The molecule has 0 spiro atoms. The summed E-state index contributed by atoms with van der Waals surface area (Å²) in [6, 6.07) is 5.41. The fourth-order valence-corrected chi connectivity index (χ4v) is 1.82. The van der Waals surface area contributed by atoms with Crippen molar-refractivity contribution in [3.63, 3.8) is 0 Å². The molecule has 0 bridgehead atoms. The van der Waals surface area contributed by atoms with Crippen molar-refractivity contribution in [2.75, 3.05) is 19.5 Å². The van der Waals surface area contributed by atoms with Crippen LogP contribution in [-0.2, 0) is 13.6 Å². The van der Waals surface area contributed by atoms with E-state index < -0.39 is 0 Å². The van der Waals surface area contributed by atoms with Gasteiger partial charge in [-0.15, -0.1) is 24.0 Å². The van der Waals surface area contributed by atoms with Gasteiger partial charge in [-0.25, -0.2) is 4.99 Å². The Morgan fingerprint density at radius 3 is 2.73 bits per heavy atom. The number of guanidine groups is 1. The van der Waals surface area contributed by atoms with E-state index in [1.165, 1.54) is 0 Å². The van der Waals surface area contributed by atoms with Gasteiger partial charge in [0.15, 0.2) is 5.96 Å². The first-order chi connectivity index (χ1) is 10.1. The molecule has 2 rings (SSSR count). The summed E-state index contributed by atoms with van der Waals surface area (Å²) in [5, 5.41) is 7.09. The summed E-state index contributed by atoms with van der Waals surface area (Å²) >= 11 is 0. The van der Waals surface area contributed by atoms with Crippen LogP contribution in [-0.4, -0.2) is 30.0 Å². The zero-order valence-electron chi connectivity index (χ0n) is 12.7. The number of halogens is 1. The van der Waals surface area contributed by atoms with Crippen LogP contribution in [0.1, 0.15) is 5.56 Å². The smallest absolute Gasteiger partial charge is 0.193 e. The number of nitrogens with zero attached hydrogens (tertiary/aromatic N) is 3. The third-order valence-corrected chi connectivity index (χ3v) is 2.86. The Hall–Kier alpha value is -1.97. The van der Waals surface area contributed by atoms with Gasteiger partial charge in [-0.2, -0.15) is 5.10 Å². The Balaban J connectivity index is 0.00000242. The van der Waals surface area contributed by atoms with Crippen LogP contribution in [0.4, 0.5) is 5.69 Å². The van der Waals surface area contributed by atoms with Crippen LogP contribution in [0, 0.1) is 0 Å². The number of anilines is 1. The van der Waals surface area contributed by atoms with Crippen molar-refractivity contribution in [3.8, 4) is 11.5 Å². The maximum atomic E-state index is 5.89. The second-order valence-electron chi connectivity index (χ2n) is 4.41. The summed E-state index contributed by atoms with van der Waals surface area (Å²) in [5.41, 5.74) is 7.58. The Morgan fingerprint density at radius 2 is 2.14 bits per heavy atom. The highest BCUT2D eigenvalue weighted by Crippen LogP contribution is 2.28. The predicted molar refractivity (Wildman–Crippen MR) is 97.1 cm³/mol. The van der Waals surface area contributed by atoms with E-state index in [0.717, 1.165) is 5.56 Å². The lowest BCUT2D eigenvalue weighted by atomic mass is 10.2. The van der Waals surface area contributed by atoms with E-state index >= 15 is 0 Å². The van der Waals surface area contributed by atoms with E-state index in [-0.39, 0.29) is 24.0 Å². The van der Waals surface area contributed by atoms with Gasteiger partial charge in [-0.1, -0.05) is 0 Å². The molecule has 120 valence electrons. The van der Waals surface area contributed by atoms with E-state index in [1.807, 2.05) is 19.3 Å². The number of rotatable bonds is 5. The van der Waals surface area contributed by atoms with Crippen LogP contribution in [0.5, 0.6) is 11.5 Å². The van der Waals surface area contributed by atoms with Crippen LogP contribution < -0.4 is 20.5 Å². The average Bonchev–Trinajstić information content (AvgIpc) is 2.90. The summed E-state index contributed by atoms with van der Waals surface area (Å²) in [6.45, 7) is 0.457. The van der Waals surface area contributed by atoms with Crippen LogP contribution in [0.3, 0.4) is 0 Å². The van der Waals surface area contributed by atoms with Crippen molar-refractivity contribution in [2.45, 2.75) is 6.54 Å². The number of nitrogens with one attached hydrogen (secondary N) is 1. The quantitative estimate of drug-likeness (QED) is 0.442. The van der Waals surface area contributed by atoms with Gasteiger partial charge in [0.05, 0.1) is 32.6 Å². The van der Waals surface area contributed by atoms with Gasteiger partial charge in [-0.05, 0) is 12.1 Å². The average molecular weight is 417 g/mol. The second kappa shape index (κ2) is 8.47. The number of aromatic nitrogens is 2. The number of nitrogens with two attached hydrogens (primary N) is 1. The van der Waals surface area contributed by atoms with Gasteiger partial charge in [0.1, 0.15) is 11.5 Å². The minimum atomic E-state index is 0. The van der Waals surface area contributed by atoms with E-state index in [0.29, 0.717) is 29.7 Å². The number of methoxy groups -OCH3 is 2. The Morgan fingerprint density at radius 1 is 1.36 bits per heavy atom. The molecule has 1 aromatic heterocycles. The second-order valence-corrected chi connectivity index (χ2v) is 4.41. The lowest BCUT2D eigenvalue weighted by molar-refractivity contribution is 0.405. The lowest BCUT2D eigenvalue weighted by Crippen LogP contribution is -2.23. The molecule has 1 aromatic carbocycles. The van der Waals surface area contributed by atoms with Crippen molar-refractivity contribution in [3.05, 3.63) is 36.2 Å². The largest absolute Gasteiger partial charge is 0.497 e. The molecule has 0 fully saturated rings. The SMILES string of the molecule is COc1ccc(OC)c(NC(N)=NCc2cnn(C)c2)c1.I. The topological polar surface area (TPSA) is 86.7 Å². The number of hydrogen-bond donors (Lipinski definition) is 2. The maximum Gasteiger partial charge on any atom is 0.193 e. The van der Waals surface area contributed by atoms with Crippen molar-refractivity contribution in [1.82, 2.24) is 9.78 Å². The molecule has 2 aromatic rings. The fourth-order valence-electron chi connectivity index (χ4n) is 1.82. The first-order valence-electron chi connectivity index (χ1n) is 6.39. The van der Waals surface area contributed by atoms with Crippen molar-refractivity contribution >= 4 is 35.6 Å². The minimum absolute atomic E-state index is 0. The van der Waals surface area contributed by atoms with E-state index in [9.17, 15) is 0 Å². The number of aliphatic imine (C=N–C) groups is 1. The number of hydrogen-bond acceptors (Lipinski definition) is 4. The monoisotopic (exact) mass is 417 g/mol. The summed E-state index contributed by atoms with van der Waals surface area (Å²) in [7, 11) is 5.05. The Labute approximate surface area is 146 Å². The van der Waals surface area contributed by atoms with E-state index in [1.54, 1.807) is 37.2 Å². The van der Waals surface area contributed by atoms with Gasteiger partial charge >= 0.3 is 0 Å². The highest BCUT2D eigenvalue weighted by molar-refractivity contribution is 14.0. The molecular formula is C14H20IN5O2. The normalized spacial score (nSPS) is 10.8. The van der Waals surface area contributed by atoms with Crippen LogP contribution in [0.15, 0.2) is 35.6 Å². The maximum absolute atomic E-state index is 5.89. The van der Waals surface area contributed by atoms with Crippen LogP contribution in [0.25, 0.3) is 0 Å². The highest BCUT2D eigenvalue weighted by Gasteiger charge is 2.06. The summed E-state index contributed by atoms with van der Waals surface area (Å²) in [4.78, 5) is 4.27. The fraction of sp³-hybridized carbons (Fsp3) is 0.286. The zero-order valence-corrected chi connectivity index (χ0v) is 15.1. The molecule has 0 amide bonds. The van der Waals surface area contributed by atoms with Crippen LogP contribution in [0.2, 0.25) is 0 Å². The third-order valence-electron chi connectivity index (χ3n) is 2.86. The standard InChI is InChI=1S/C14H19N5O2.HI/c1-19-9-10(8-17-19)7-16-14(15)18-12-6-11(20-2)4-5-13(12)21-3;/h4-6,8-9H,7H2,1-3H3,(H3,15,16,18);1H. The van der Waals surface area contributed by atoms with Gasteiger partial charge in [0.2, 0.25) is 0 Å². The highest BCUT2D eigenvalue weighted by atomic mass is 127. The van der Waals surface area contributed by atoms with Gasteiger partial charge < -0.3 is 20.5 Å². The molecule has 7 nitrogen and oxygen atoms in total. The van der Waals surface area contributed by atoms with E-state index in [2.05, 4.69) is 15.4 Å². The summed E-state index contributed by atoms with van der Waals surface area (Å²) < 4.78 is 12.2. The van der Waals surface area contributed by atoms with Gasteiger partial charge in [-0.3, -0.25) is 4.68 Å². The molecule has 0 saturated heterocycles. The Kier molecular flexibility index (Phi) is 6.96. The van der Waals surface area contributed by atoms with Gasteiger partial charge in [0.25, 0.3) is 0 Å². The molecule has 0 unspecified atom stereocenters. The molecule has 8 heteroatoms. The number of aryl methyl sites for hydroxylation is 1. The molecule has 1 heterocycles. The predicted octanol–water partition coefficient (Wildman–Crippen LogP) is 1.98. The van der Waals surface area contributed by atoms with Crippen molar-refractivity contribution in [1.29, 1.82) is 0 Å². The lowest BCUT2D eigenvalue weighted by Gasteiger charge is -2.12. The summed E-state index contributed by atoms with van der Waals surface area (Å²) in [5.74, 6) is 1.67. The molecule has 0 aliphatic heterocycles. The number of benzene rings is 1. The molecule has 0 saturated carbocycles. The number of ether oxygens (including phenoxy) is 2. The third kappa shape index (κ3) is 4.79. The Bertz CT molecular complexity index is 642. The molecular weight excluding hydrogens is 397 g/mol. The first kappa shape index (κ1) is 18.1. The molecule has 22 heavy (non-hydrogen) atoms. The van der Waals surface area contributed by atoms with Crippen molar-refractivity contribution < 1.29 is 9.47 Å². The molecule has 3 N–H and O–H groups in total. The minimum Gasteiger partial charge on any atom is -0.497 e. The van der Waals surface area contributed by atoms with Crippen molar-refractivity contribution in [2.24, 2.45) is 17.8 Å². The van der Waals surface area contributed by atoms with Crippen LogP contribution >= 0.6 is 24.0 Å². The molecule has 0 aliphatic carbocycles. The molecule has 0 atom stereocenters. The molecule has 0 aliphatic rings. The zero-order chi connectivity index (χ0) is 15.2. The molecule has 0 radical (unpaired) electrons. The summed E-state index contributed by atoms with van der Waals surface area (Å²) in [6.07, 6.45) is 3.64. The first-order valence-corrected chi connectivity index (χ1v) is 6.39.